The number of rotatable bonds is 14. The van der Waals surface area contributed by atoms with Crippen LogP contribution in [0, 0.1) is 0 Å². The second-order valence-electron chi connectivity index (χ2n) is 8.91. The van der Waals surface area contributed by atoms with Crippen molar-refractivity contribution in [1.82, 2.24) is 24.9 Å². The molecular weight excluding hydrogens is 476 g/mol. The van der Waals surface area contributed by atoms with Crippen molar-refractivity contribution < 1.29 is 39.3 Å². The number of amides is 2. The van der Waals surface area contributed by atoms with E-state index in [1.54, 1.807) is 14.7 Å². The van der Waals surface area contributed by atoms with Crippen LogP contribution in [-0.2, 0) is 24.0 Å². The Kier molecular flexibility index (Phi) is 15.3. The molecule has 0 aromatic rings. The van der Waals surface area contributed by atoms with E-state index in [2.05, 4.69) is 5.32 Å². The van der Waals surface area contributed by atoms with Gasteiger partial charge in [-0.1, -0.05) is 6.42 Å². The molecule has 1 aliphatic heterocycles. The van der Waals surface area contributed by atoms with Crippen molar-refractivity contribution in [2.45, 2.75) is 25.7 Å². The molecule has 1 saturated heterocycles. The van der Waals surface area contributed by atoms with Gasteiger partial charge in [-0.15, -0.1) is 0 Å². The van der Waals surface area contributed by atoms with Crippen LogP contribution in [0.2, 0.25) is 0 Å². The molecule has 0 radical (unpaired) electrons. The molecule has 0 aliphatic carbocycles. The Morgan fingerprint density at radius 3 is 1.28 bits per heavy atom. The van der Waals surface area contributed by atoms with Gasteiger partial charge < -0.3 is 26.4 Å². The molecule has 0 unspecified atom stereocenters. The summed E-state index contributed by atoms with van der Waals surface area (Å²) >= 11 is 0. The summed E-state index contributed by atoms with van der Waals surface area (Å²) in [7, 11) is 0. The molecular formula is C22H40N6O8. The summed E-state index contributed by atoms with van der Waals surface area (Å²) in [6, 6.07) is 0. The second-order valence-corrected chi connectivity index (χ2v) is 8.91. The number of carbonyl (C=O) groups is 5. The monoisotopic (exact) mass is 516 g/mol. The molecule has 206 valence electrons. The summed E-state index contributed by atoms with van der Waals surface area (Å²) in [4.78, 5) is 64.1. The van der Waals surface area contributed by atoms with Crippen LogP contribution in [0.25, 0.3) is 0 Å². The molecule has 0 atom stereocenters. The van der Waals surface area contributed by atoms with Gasteiger partial charge in [0.05, 0.1) is 26.2 Å². The Bertz CT molecular complexity index is 705. The number of carboxylic acid groups (broad SMARTS) is 3. The van der Waals surface area contributed by atoms with E-state index < -0.39 is 17.9 Å². The lowest BCUT2D eigenvalue weighted by Gasteiger charge is -2.32. The van der Waals surface area contributed by atoms with Crippen LogP contribution in [0.3, 0.4) is 0 Å². The highest BCUT2D eigenvalue weighted by Crippen LogP contribution is 2.02. The Morgan fingerprint density at radius 2 is 0.944 bits per heavy atom. The van der Waals surface area contributed by atoms with Crippen molar-refractivity contribution >= 4 is 29.7 Å². The van der Waals surface area contributed by atoms with E-state index in [1.807, 2.05) is 4.90 Å². The number of hydrogen-bond acceptors (Lipinski definition) is 9. The highest BCUT2D eigenvalue weighted by Gasteiger charge is 2.21. The molecule has 2 amide bonds. The third kappa shape index (κ3) is 16.0. The highest BCUT2D eigenvalue weighted by atomic mass is 16.4. The molecule has 14 nitrogen and oxygen atoms in total. The summed E-state index contributed by atoms with van der Waals surface area (Å²) in [5, 5.41) is 30.6. The average Bonchev–Trinajstić information content (AvgIpc) is 2.76. The lowest BCUT2D eigenvalue weighted by molar-refractivity contribution is -0.140. The Labute approximate surface area is 211 Å². The molecule has 36 heavy (non-hydrogen) atoms. The number of unbranched alkanes of at least 4 members (excludes halogenated alkanes) is 2. The van der Waals surface area contributed by atoms with E-state index >= 15 is 0 Å². The fourth-order valence-corrected chi connectivity index (χ4v) is 3.87. The van der Waals surface area contributed by atoms with Gasteiger partial charge in [0.1, 0.15) is 0 Å². The summed E-state index contributed by atoms with van der Waals surface area (Å²) in [5.41, 5.74) is 5.11. The fourth-order valence-electron chi connectivity index (χ4n) is 3.87. The van der Waals surface area contributed by atoms with Crippen molar-refractivity contribution in [2.24, 2.45) is 5.73 Å². The van der Waals surface area contributed by atoms with Gasteiger partial charge in [-0.2, -0.15) is 0 Å². The topological polar surface area (TPSA) is 197 Å². The zero-order valence-electron chi connectivity index (χ0n) is 20.8. The van der Waals surface area contributed by atoms with E-state index in [9.17, 15) is 39.3 Å². The summed E-state index contributed by atoms with van der Waals surface area (Å²) in [6.45, 7) is 2.65. The standard InChI is InChI=1S/C22H40N6O8/c23-18(29)4-2-1-3-5-24-19(30)14-25-6-8-26(15-20(31)32)10-12-28(17-22(35)36)13-11-27(9-7-25)16-21(33)34/h1-17H2,(H2,23,29)(H,24,30)(H,31,32)(H,33,34)(H,35,36). The maximum absolute atomic E-state index is 12.5. The zero-order valence-corrected chi connectivity index (χ0v) is 20.8. The van der Waals surface area contributed by atoms with Gasteiger partial charge in [0.15, 0.2) is 0 Å². The first-order valence-corrected chi connectivity index (χ1v) is 12.1. The number of nitrogens with one attached hydrogen (secondary N) is 1. The first-order chi connectivity index (χ1) is 17.0. The van der Waals surface area contributed by atoms with Gasteiger partial charge in [0.2, 0.25) is 11.8 Å². The molecule has 1 aliphatic rings. The molecule has 0 spiro atoms. The van der Waals surface area contributed by atoms with E-state index in [4.69, 9.17) is 5.73 Å². The first-order valence-electron chi connectivity index (χ1n) is 12.1. The van der Waals surface area contributed by atoms with E-state index in [0.29, 0.717) is 78.2 Å². The number of carbonyl (C=O) groups excluding carboxylic acids is 2. The Hall–Kier alpha value is -2.81. The molecule has 14 heteroatoms. The molecule has 1 heterocycles. The summed E-state index contributed by atoms with van der Waals surface area (Å²) < 4.78 is 0. The molecule has 0 saturated carbocycles. The third-order valence-corrected chi connectivity index (χ3v) is 5.80. The number of aliphatic carboxylic acids is 3. The minimum absolute atomic E-state index is 0.0776. The SMILES string of the molecule is NC(=O)CCCCCNC(=O)CN1CCN(CC(=O)O)CCN(CC(=O)O)CCN(CC(=O)O)CC1. The molecule has 1 rings (SSSR count). The number of nitrogens with two attached hydrogens (primary N) is 1. The molecule has 0 aromatic carbocycles. The van der Waals surface area contributed by atoms with Gasteiger partial charge in [-0.05, 0) is 12.8 Å². The zero-order chi connectivity index (χ0) is 26.9. The molecule has 1 fully saturated rings. The van der Waals surface area contributed by atoms with Gasteiger partial charge in [-0.3, -0.25) is 43.6 Å². The minimum atomic E-state index is -1.01. The quantitative estimate of drug-likeness (QED) is 0.154. The van der Waals surface area contributed by atoms with Crippen LogP contribution in [-0.4, -0.2) is 150 Å². The fraction of sp³-hybridized carbons (Fsp3) is 0.773. The van der Waals surface area contributed by atoms with Crippen LogP contribution >= 0.6 is 0 Å². The largest absolute Gasteiger partial charge is 0.480 e. The number of carboxylic acids is 3. The van der Waals surface area contributed by atoms with Gasteiger partial charge in [-0.25, -0.2) is 0 Å². The van der Waals surface area contributed by atoms with Crippen molar-refractivity contribution in [3.63, 3.8) is 0 Å². The highest BCUT2D eigenvalue weighted by molar-refractivity contribution is 5.78. The van der Waals surface area contributed by atoms with Crippen LogP contribution in [0.4, 0.5) is 0 Å². The lowest BCUT2D eigenvalue weighted by atomic mass is 10.2. The minimum Gasteiger partial charge on any atom is -0.480 e. The number of hydrogen-bond donors (Lipinski definition) is 5. The second kappa shape index (κ2) is 17.6. The van der Waals surface area contributed by atoms with Crippen LogP contribution < -0.4 is 11.1 Å². The van der Waals surface area contributed by atoms with Gasteiger partial charge in [0.25, 0.3) is 0 Å². The van der Waals surface area contributed by atoms with Gasteiger partial charge >= 0.3 is 17.9 Å². The van der Waals surface area contributed by atoms with Crippen molar-refractivity contribution in [1.29, 1.82) is 0 Å². The Morgan fingerprint density at radius 1 is 0.583 bits per heavy atom. The molecule has 0 bridgehead atoms. The van der Waals surface area contributed by atoms with E-state index in [1.165, 1.54) is 0 Å². The summed E-state index contributed by atoms with van der Waals surface area (Å²) in [6.07, 6.45) is 2.46. The maximum atomic E-state index is 12.5. The number of primary amides is 1. The first kappa shape index (κ1) is 31.2. The third-order valence-electron chi connectivity index (χ3n) is 5.80. The predicted molar refractivity (Wildman–Crippen MR) is 129 cm³/mol. The normalized spacial score (nSPS) is 17.6. The number of nitrogens with zero attached hydrogens (tertiary/aromatic N) is 4. The van der Waals surface area contributed by atoms with E-state index in [0.717, 1.165) is 6.42 Å². The Balaban J connectivity index is 2.77. The van der Waals surface area contributed by atoms with E-state index in [-0.39, 0.29) is 38.0 Å². The average molecular weight is 517 g/mol. The predicted octanol–water partition coefficient (Wildman–Crippen LogP) is -2.38. The molecule has 0 aromatic heterocycles. The smallest absolute Gasteiger partial charge is 0.317 e. The molecule has 6 N–H and O–H groups in total. The van der Waals surface area contributed by atoms with Crippen molar-refractivity contribution in [3.05, 3.63) is 0 Å². The van der Waals surface area contributed by atoms with Crippen molar-refractivity contribution in [3.8, 4) is 0 Å². The van der Waals surface area contributed by atoms with Crippen LogP contribution in [0.15, 0.2) is 0 Å². The van der Waals surface area contributed by atoms with Crippen molar-refractivity contribution in [2.75, 3.05) is 85.1 Å². The van der Waals surface area contributed by atoms with Crippen LogP contribution in [0.5, 0.6) is 0 Å². The van der Waals surface area contributed by atoms with Crippen LogP contribution in [0.1, 0.15) is 25.7 Å². The lowest BCUT2D eigenvalue weighted by Crippen LogP contribution is -2.49. The maximum Gasteiger partial charge on any atom is 0.317 e. The summed E-state index contributed by atoms with van der Waals surface area (Å²) in [5.74, 6) is -3.56. The van der Waals surface area contributed by atoms with Gasteiger partial charge in [0, 0.05) is 65.3 Å².